The zero-order valence-electron chi connectivity index (χ0n) is 11.2. The Balaban J connectivity index is 2.14. The van der Waals surface area contributed by atoms with E-state index in [9.17, 15) is 14.7 Å². The van der Waals surface area contributed by atoms with Crippen LogP contribution in [0.2, 0.25) is 10.3 Å². The minimum absolute atomic E-state index is 0.0223. The van der Waals surface area contributed by atoms with Gasteiger partial charge in [0, 0.05) is 0 Å². The van der Waals surface area contributed by atoms with Crippen LogP contribution < -0.4 is 5.32 Å². The zero-order chi connectivity index (χ0) is 15.4. The summed E-state index contributed by atoms with van der Waals surface area (Å²) >= 11 is 11.5. The molecule has 0 bridgehead atoms. The Hall–Kier alpha value is -1.40. The molecule has 0 spiro atoms. The SMILES string of the molecule is O=C(NC(C(=O)O)C1CCCCC1)c1cc(Cl)nnc1Cl. The highest BCUT2D eigenvalue weighted by Crippen LogP contribution is 2.27. The third-order valence-corrected chi connectivity index (χ3v) is 4.10. The Morgan fingerprint density at radius 1 is 1.24 bits per heavy atom. The number of nitrogens with zero attached hydrogens (tertiary/aromatic N) is 2. The number of carbonyl (C=O) groups excluding carboxylic acids is 1. The van der Waals surface area contributed by atoms with Gasteiger partial charge in [0.25, 0.3) is 5.91 Å². The molecule has 1 heterocycles. The van der Waals surface area contributed by atoms with E-state index in [2.05, 4.69) is 15.5 Å². The number of hydrogen-bond acceptors (Lipinski definition) is 4. The number of aromatic nitrogens is 2. The summed E-state index contributed by atoms with van der Waals surface area (Å²) in [6.45, 7) is 0. The fourth-order valence-corrected chi connectivity index (χ4v) is 2.91. The van der Waals surface area contributed by atoms with E-state index in [4.69, 9.17) is 23.2 Å². The van der Waals surface area contributed by atoms with Crippen molar-refractivity contribution >= 4 is 35.1 Å². The molecular formula is C13H15Cl2N3O3. The maximum absolute atomic E-state index is 12.2. The molecule has 1 aliphatic rings. The summed E-state index contributed by atoms with van der Waals surface area (Å²) in [6.07, 6.45) is 4.65. The molecule has 8 heteroatoms. The van der Waals surface area contributed by atoms with E-state index in [0.29, 0.717) is 0 Å². The number of halogens is 2. The smallest absolute Gasteiger partial charge is 0.326 e. The molecule has 1 amide bonds. The van der Waals surface area contributed by atoms with Crippen molar-refractivity contribution in [3.63, 3.8) is 0 Å². The Bertz CT molecular complexity index is 547. The number of nitrogens with one attached hydrogen (secondary N) is 1. The number of carbonyl (C=O) groups is 2. The third kappa shape index (κ3) is 4.04. The fourth-order valence-electron chi connectivity index (χ4n) is 2.58. The molecule has 1 fully saturated rings. The van der Waals surface area contributed by atoms with Crippen molar-refractivity contribution in [2.45, 2.75) is 38.1 Å². The number of aliphatic carboxylic acids is 1. The Labute approximate surface area is 131 Å². The van der Waals surface area contributed by atoms with E-state index >= 15 is 0 Å². The molecule has 0 radical (unpaired) electrons. The third-order valence-electron chi connectivity index (χ3n) is 3.64. The summed E-state index contributed by atoms with van der Waals surface area (Å²) in [5, 5.41) is 18.8. The van der Waals surface area contributed by atoms with Crippen LogP contribution in [0.1, 0.15) is 42.5 Å². The summed E-state index contributed by atoms with van der Waals surface area (Å²) in [7, 11) is 0. The summed E-state index contributed by atoms with van der Waals surface area (Å²) in [5.41, 5.74) is 0.0266. The van der Waals surface area contributed by atoms with Crippen LogP contribution in [0, 0.1) is 5.92 Å². The first-order valence-electron chi connectivity index (χ1n) is 6.71. The topological polar surface area (TPSA) is 92.2 Å². The number of carboxylic acids is 1. The molecule has 2 rings (SSSR count). The molecule has 1 atom stereocenters. The first kappa shape index (κ1) is 16.0. The van der Waals surface area contributed by atoms with Crippen LogP contribution in [-0.4, -0.2) is 33.2 Å². The van der Waals surface area contributed by atoms with Gasteiger partial charge in [-0.3, -0.25) is 4.79 Å². The van der Waals surface area contributed by atoms with Crippen LogP contribution in [0.4, 0.5) is 0 Å². The van der Waals surface area contributed by atoms with Crippen LogP contribution in [0.3, 0.4) is 0 Å². The van der Waals surface area contributed by atoms with Crippen molar-refractivity contribution in [2.75, 3.05) is 0 Å². The molecule has 1 saturated carbocycles. The lowest BCUT2D eigenvalue weighted by Gasteiger charge is -2.28. The first-order chi connectivity index (χ1) is 9.99. The van der Waals surface area contributed by atoms with Crippen molar-refractivity contribution in [1.82, 2.24) is 15.5 Å². The molecule has 1 unspecified atom stereocenters. The Morgan fingerprint density at radius 2 is 1.90 bits per heavy atom. The van der Waals surface area contributed by atoms with Gasteiger partial charge in [-0.2, -0.15) is 0 Å². The minimum atomic E-state index is -1.04. The minimum Gasteiger partial charge on any atom is -0.480 e. The molecule has 6 nitrogen and oxygen atoms in total. The van der Waals surface area contributed by atoms with Crippen LogP contribution in [0.5, 0.6) is 0 Å². The molecular weight excluding hydrogens is 317 g/mol. The lowest BCUT2D eigenvalue weighted by molar-refractivity contribution is -0.141. The summed E-state index contributed by atoms with van der Waals surface area (Å²) in [4.78, 5) is 23.6. The average Bonchev–Trinajstić information content (AvgIpc) is 2.47. The van der Waals surface area contributed by atoms with Gasteiger partial charge in [-0.1, -0.05) is 42.5 Å². The second kappa shape index (κ2) is 7.04. The van der Waals surface area contributed by atoms with Crippen molar-refractivity contribution < 1.29 is 14.7 Å². The second-order valence-electron chi connectivity index (χ2n) is 5.06. The highest BCUT2D eigenvalue weighted by Gasteiger charge is 2.31. The molecule has 1 aliphatic carbocycles. The van der Waals surface area contributed by atoms with Crippen LogP contribution >= 0.6 is 23.2 Å². The number of carboxylic acid groups (broad SMARTS) is 1. The molecule has 21 heavy (non-hydrogen) atoms. The highest BCUT2D eigenvalue weighted by molar-refractivity contribution is 6.34. The van der Waals surface area contributed by atoms with Gasteiger partial charge in [-0.05, 0) is 24.8 Å². The van der Waals surface area contributed by atoms with E-state index in [0.717, 1.165) is 32.1 Å². The summed E-state index contributed by atoms with van der Waals surface area (Å²) in [5.74, 6) is -1.71. The molecule has 1 aromatic heterocycles. The quantitative estimate of drug-likeness (QED) is 0.884. The monoisotopic (exact) mass is 331 g/mol. The van der Waals surface area contributed by atoms with Gasteiger partial charge < -0.3 is 10.4 Å². The van der Waals surface area contributed by atoms with Gasteiger partial charge in [0.1, 0.15) is 6.04 Å². The summed E-state index contributed by atoms with van der Waals surface area (Å²) in [6, 6.07) is 0.340. The van der Waals surface area contributed by atoms with Crippen LogP contribution in [-0.2, 0) is 4.79 Å². The predicted molar refractivity (Wildman–Crippen MR) is 77.5 cm³/mol. The van der Waals surface area contributed by atoms with Gasteiger partial charge >= 0.3 is 5.97 Å². The highest BCUT2D eigenvalue weighted by atomic mass is 35.5. The molecule has 0 saturated heterocycles. The van der Waals surface area contributed by atoms with E-state index in [1.807, 2.05) is 0 Å². The van der Waals surface area contributed by atoms with Gasteiger partial charge in [0.2, 0.25) is 0 Å². The second-order valence-corrected chi connectivity index (χ2v) is 5.80. The normalized spacial score (nSPS) is 17.2. The standard InChI is InChI=1S/C13H15Cl2N3O3/c14-9-6-8(11(15)18-17-9)12(19)16-10(13(20)21)7-4-2-1-3-5-7/h6-7,10H,1-5H2,(H,16,19)(H,20,21). The number of rotatable bonds is 4. The molecule has 0 aromatic carbocycles. The fraction of sp³-hybridized carbons (Fsp3) is 0.538. The number of hydrogen-bond donors (Lipinski definition) is 2. The lowest BCUT2D eigenvalue weighted by Crippen LogP contribution is -2.46. The van der Waals surface area contributed by atoms with E-state index in [1.54, 1.807) is 0 Å². The Kier molecular flexibility index (Phi) is 5.36. The zero-order valence-corrected chi connectivity index (χ0v) is 12.7. The van der Waals surface area contributed by atoms with E-state index in [-0.39, 0.29) is 21.8 Å². The lowest BCUT2D eigenvalue weighted by atomic mass is 9.84. The molecule has 0 aliphatic heterocycles. The van der Waals surface area contributed by atoms with Crippen LogP contribution in [0.15, 0.2) is 6.07 Å². The van der Waals surface area contributed by atoms with Crippen LogP contribution in [0.25, 0.3) is 0 Å². The van der Waals surface area contributed by atoms with E-state index in [1.165, 1.54) is 6.07 Å². The number of amides is 1. The van der Waals surface area contributed by atoms with Gasteiger partial charge in [-0.15, -0.1) is 10.2 Å². The van der Waals surface area contributed by atoms with E-state index < -0.39 is 17.9 Å². The first-order valence-corrected chi connectivity index (χ1v) is 7.47. The Morgan fingerprint density at radius 3 is 2.52 bits per heavy atom. The largest absolute Gasteiger partial charge is 0.480 e. The van der Waals surface area contributed by atoms with Crippen molar-refractivity contribution in [3.05, 3.63) is 21.9 Å². The predicted octanol–water partition coefficient (Wildman–Crippen LogP) is 2.55. The molecule has 1 aromatic rings. The molecule has 114 valence electrons. The van der Waals surface area contributed by atoms with Gasteiger partial charge in [0.05, 0.1) is 5.56 Å². The van der Waals surface area contributed by atoms with Gasteiger partial charge in [-0.25, -0.2) is 4.79 Å². The van der Waals surface area contributed by atoms with Gasteiger partial charge in [0.15, 0.2) is 10.3 Å². The maximum Gasteiger partial charge on any atom is 0.326 e. The summed E-state index contributed by atoms with van der Waals surface area (Å²) < 4.78 is 0. The van der Waals surface area contributed by atoms with Crippen molar-refractivity contribution in [2.24, 2.45) is 5.92 Å². The molecule has 2 N–H and O–H groups in total. The maximum atomic E-state index is 12.2. The van der Waals surface area contributed by atoms with Crippen molar-refractivity contribution in [1.29, 1.82) is 0 Å². The average molecular weight is 332 g/mol. The van der Waals surface area contributed by atoms with Crippen molar-refractivity contribution in [3.8, 4) is 0 Å².